The van der Waals surface area contributed by atoms with Gasteiger partial charge in [0.1, 0.15) is 5.82 Å². The molecule has 5 nitrogen and oxygen atoms in total. The highest BCUT2D eigenvalue weighted by Gasteiger charge is 2.11. The molecule has 20 heavy (non-hydrogen) atoms. The quantitative estimate of drug-likeness (QED) is 0.757. The SMILES string of the molecule is CNc1cn2ccnc2c(NC(C)Cc2cccs2)n1. The van der Waals surface area contributed by atoms with Gasteiger partial charge in [0, 0.05) is 36.8 Å². The third-order valence-corrected chi connectivity index (χ3v) is 4.00. The van der Waals surface area contributed by atoms with Crippen molar-refractivity contribution in [3.63, 3.8) is 0 Å². The van der Waals surface area contributed by atoms with Crippen molar-refractivity contribution in [2.75, 3.05) is 17.7 Å². The van der Waals surface area contributed by atoms with E-state index in [-0.39, 0.29) is 0 Å². The predicted octanol–water partition coefficient (Wildman–Crippen LogP) is 2.88. The first-order valence-electron chi connectivity index (χ1n) is 6.56. The highest BCUT2D eigenvalue weighted by molar-refractivity contribution is 7.09. The van der Waals surface area contributed by atoms with E-state index in [9.17, 15) is 0 Å². The summed E-state index contributed by atoms with van der Waals surface area (Å²) in [4.78, 5) is 10.3. The van der Waals surface area contributed by atoms with Gasteiger partial charge in [0.25, 0.3) is 0 Å². The maximum absolute atomic E-state index is 4.56. The Morgan fingerprint density at radius 3 is 3.10 bits per heavy atom. The highest BCUT2D eigenvalue weighted by atomic mass is 32.1. The molecule has 3 heterocycles. The lowest BCUT2D eigenvalue weighted by Crippen LogP contribution is -2.19. The molecule has 0 aliphatic rings. The molecule has 0 amide bonds. The molecule has 104 valence electrons. The van der Waals surface area contributed by atoms with Gasteiger partial charge >= 0.3 is 0 Å². The van der Waals surface area contributed by atoms with Crippen molar-refractivity contribution >= 4 is 28.6 Å². The molecular weight excluding hydrogens is 270 g/mol. The van der Waals surface area contributed by atoms with Gasteiger partial charge in [-0.3, -0.25) is 0 Å². The zero-order chi connectivity index (χ0) is 13.9. The molecule has 1 atom stereocenters. The molecule has 0 radical (unpaired) electrons. The van der Waals surface area contributed by atoms with Crippen LogP contribution in [0, 0.1) is 0 Å². The van der Waals surface area contributed by atoms with E-state index < -0.39 is 0 Å². The topological polar surface area (TPSA) is 54.2 Å². The van der Waals surface area contributed by atoms with E-state index in [1.807, 2.05) is 23.8 Å². The van der Waals surface area contributed by atoms with E-state index in [2.05, 4.69) is 45.0 Å². The fourth-order valence-electron chi connectivity index (χ4n) is 2.16. The molecule has 0 aromatic carbocycles. The van der Waals surface area contributed by atoms with Gasteiger partial charge in [-0.2, -0.15) is 0 Å². The zero-order valence-electron chi connectivity index (χ0n) is 11.5. The van der Waals surface area contributed by atoms with Crippen molar-refractivity contribution in [2.45, 2.75) is 19.4 Å². The van der Waals surface area contributed by atoms with Crippen LogP contribution >= 0.6 is 11.3 Å². The molecular formula is C14H17N5S. The van der Waals surface area contributed by atoms with Crippen molar-refractivity contribution in [3.05, 3.63) is 41.0 Å². The van der Waals surface area contributed by atoms with E-state index in [4.69, 9.17) is 0 Å². The average Bonchev–Trinajstić information content (AvgIpc) is 3.09. The van der Waals surface area contributed by atoms with Crippen molar-refractivity contribution < 1.29 is 0 Å². The largest absolute Gasteiger partial charge is 0.372 e. The second kappa shape index (κ2) is 5.50. The Kier molecular flexibility index (Phi) is 3.56. The van der Waals surface area contributed by atoms with Crippen LogP contribution in [0.3, 0.4) is 0 Å². The molecule has 0 saturated heterocycles. The number of nitrogens with one attached hydrogen (secondary N) is 2. The summed E-state index contributed by atoms with van der Waals surface area (Å²) in [7, 11) is 1.87. The van der Waals surface area contributed by atoms with E-state index in [0.717, 1.165) is 23.7 Å². The van der Waals surface area contributed by atoms with Crippen LogP contribution in [0.1, 0.15) is 11.8 Å². The maximum Gasteiger partial charge on any atom is 0.180 e. The summed E-state index contributed by atoms with van der Waals surface area (Å²) >= 11 is 1.78. The standard InChI is InChI=1S/C14H17N5S/c1-10(8-11-4-3-7-20-11)17-13-14-16-5-6-19(14)9-12(15-2)18-13/h3-7,9-10,15H,8H2,1-2H3,(H,17,18). The number of aromatic nitrogens is 3. The van der Waals surface area contributed by atoms with Crippen LogP contribution in [0.15, 0.2) is 36.1 Å². The number of rotatable bonds is 5. The van der Waals surface area contributed by atoms with Crippen molar-refractivity contribution in [1.82, 2.24) is 14.4 Å². The average molecular weight is 287 g/mol. The predicted molar refractivity (Wildman–Crippen MR) is 83.6 cm³/mol. The summed E-state index contributed by atoms with van der Waals surface area (Å²) in [6, 6.07) is 4.54. The Bertz CT molecular complexity index is 689. The number of imidazole rings is 1. The fraction of sp³-hybridized carbons (Fsp3) is 0.286. The Morgan fingerprint density at radius 1 is 1.45 bits per heavy atom. The monoisotopic (exact) mass is 287 g/mol. The molecule has 1 unspecified atom stereocenters. The summed E-state index contributed by atoms with van der Waals surface area (Å²) in [5.74, 6) is 1.63. The molecule has 3 aromatic rings. The first-order valence-corrected chi connectivity index (χ1v) is 7.44. The minimum Gasteiger partial charge on any atom is -0.372 e. The molecule has 0 spiro atoms. The number of hydrogen-bond donors (Lipinski definition) is 2. The lowest BCUT2D eigenvalue weighted by Gasteiger charge is -2.15. The van der Waals surface area contributed by atoms with E-state index in [0.29, 0.717) is 6.04 Å². The number of fused-ring (bicyclic) bond motifs is 1. The minimum absolute atomic E-state index is 0.300. The van der Waals surface area contributed by atoms with Crippen LogP contribution in [-0.4, -0.2) is 27.5 Å². The van der Waals surface area contributed by atoms with Gasteiger partial charge in [0.05, 0.1) is 6.20 Å². The van der Waals surface area contributed by atoms with Gasteiger partial charge in [-0.1, -0.05) is 6.07 Å². The number of nitrogens with zero attached hydrogens (tertiary/aromatic N) is 3. The number of anilines is 2. The van der Waals surface area contributed by atoms with E-state index in [1.165, 1.54) is 4.88 Å². The van der Waals surface area contributed by atoms with Gasteiger partial charge in [-0.25, -0.2) is 9.97 Å². The van der Waals surface area contributed by atoms with Crippen molar-refractivity contribution in [3.8, 4) is 0 Å². The first-order chi connectivity index (χ1) is 9.76. The van der Waals surface area contributed by atoms with Gasteiger partial charge < -0.3 is 15.0 Å². The summed E-state index contributed by atoms with van der Waals surface area (Å²) in [6.07, 6.45) is 6.62. The van der Waals surface area contributed by atoms with Crippen LogP contribution < -0.4 is 10.6 Å². The van der Waals surface area contributed by atoms with Crippen LogP contribution in [0.5, 0.6) is 0 Å². The molecule has 6 heteroatoms. The molecule has 0 saturated carbocycles. The lowest BCUT2D eigenvalue weighted by molar-refractivity contribution is 0.794. The van der Waals surface area contributed by atoms with Gasteiger partial charge in [-0.05, 0) is 18.4 Å². The molecule has 3 aromatic heterocycles. The van der Waals surface area contributed by atoms with Gasteiger partial charge in [0.2, 0.25) is 0 Å². The molecule has 0 aliphatic heterocycles. The second-order valence-electron chi connectivity index (χ2n) is 4.71. The maximum atomic E-state index is 4.56. The van der Waals surface area contributed by atoms with Gasteiger partial charge in [0.15, 0.2) is 11.5 Å². The Morgan fingerprint density at radius 2 is 2.35 bits per heavy atom. The number of hydrogen-bond acceptors (Lipinski definition) is 5. The van der Waals surface area contributed by atoms with E-state index >= 15 is 0 Å². The fourth-order valence-corrected chi connectivity index (χ4v) is 3.00. The molecule has 0 fully saturated rings. The third kappa shape index (κ3) is 2.60. The van der Waals surface area contributed by atoms with Crippen molar-refractivity contribution in [2.24, 2.45) is 0 Å². The van der Waals surface area contributed by atoms with Crippen LogP contribution in [-0.2, 0) is 6.42 Å². The normalized spacial score (nSPS) is 12.5. The third-order valence-electron chi connectivity index (χ3n) is 3.10. The molecule has 2 N–H and O–H groups in total. The molecule has 0 bridgehead atoms. The zero-order valence-corrected chi connectivity index (χ0v) is 12.3. The lowest BCUT2D eigenvalue weighted by atomic mass is 10.2. The van der Waals surface area contributed by atoms with Gasteiger partial charge in [-0.15, -0.1) is 11.3 Å². The summed E-state index contributed by atoms with van der Waals surface area (Å²) < 4.78 is 1.97. The molecule has 3 rings (SSSR count). The van der Waals surface area contributed by atoms with Crippen molar-refractivity contribution in [1.29, 1.82) is 0 Å². The minimum atomic E-state index is 0.300. The van der Waals surface area contributed by atoms with E-state index in [1.54, 1.807) is 17.5 Å². The highest BCUT2D eigenvalue weighted by Crippen LogP contribution is 2.19. The smallest absolute Gasteiger partial charge is 0.180 e. The first kappa shape index (κ1) is 12.9. The van der Waals surface area contributed by atoms with Crippen LogP contribution in [0.4, 0.5) is 11.6 Å². The Hall–Kier alpha value is -2.08. The molecule has 0 aliphatic carbocycles. The summed E-state index contributed by atoms with van der Waals surface area (Å²) in [5.41, 5.74) is 0.849. The number of thiophene rings is 1. The Balaban J connectivity index is 1.84. The Labute approximate surface area is 121 Å². The van der Waals surface area contributed by atoms with Crippen LogP contribution in [0.25, 0.3) is 5.65 Å². The van der Waals surface area contributed by atoms with Crippen LogP contribution in [0.2, 0.25) is 0 Å². The summed E-state index contributed by atoms with van der Waals surface area (Å²) in [6.45, 7) is 2.16. The summed E-state index contributed by atoms with van der Waals surface area (Å²) in [5, 5.41) is 8.63. The second-order valence-corrected chi connectivity index (χ2v) is 5.74.